The van der Waals surface area contributed by atoms with Crippen LogP contribution >= 0.6 is 0 Å². The normalized spacial score (nSPS) is 14.6. The third-order valence-electron chi connectivity index (χ3n) is 4.57. The van der Waals surface area contributed by atoms with Crippen molar-refractivity contribution in [3.05, 3.63) is 47.8 Å². The lowest BCUT2D eigenvalue weighted by Gasteiger charge is -2.34. The highest BCUT2D eigenvalue weighted by molar-refractivity contribution is 5.94. The zero-order chi connectivity index (χ0) is 23.5. The number of amides is 2. The van der Waals surface area contributed by atoms with Crippen LogP contribution in [0.1, 0.15) is 31.9 Å². The number of nitrogens with zero attached hydrogens (tertiary/aromatic N) is 4. The van der Waals surface area contributed by atoms with E-state index in [2.05, 4.69) is 16.9 Å². The summed E-state index contributed by atoms with van der Waals surface area (Å²) in [5.41, 5.74) is -0.438. The van der Waals surface area contributed by atoms with E-state index < -0.39 is 23.4 Å². The zero-order valence-corrected chi connectivity index (χ0v) is 17.9. The van der Waals surface area contributed by atoms with E-state index in [1.165, 1.54) is 29.2 Å². The molecule has 1 aliphatic heterocycles. The second-order valence-electron chi connectivity index (χ2n) is 8.23. The summed E-state index contributed by atoms with van der Waals surface area (Å²) in [5.74, 6) is 4.89. The highest BCUT2D eigenvalue weighted by atomic mass is 19.4. The lowest BCUT2D eigenvalue weighted by atomic mass is 10.2. The van der Waals surface area contributed by atoms with Crippen molar-refractivity contribution in [1.82, 2.24) is 19.6 Å². The summed E-state index contributed by atoms with van der Waals surface area (Å²) in [7, 11) is 0. The van der Waals surface area contributed by atoms with Crippen LogP contribution < -0.4 is 0 Å². The minimum atomic E-state index is -4.40. The lowest BCUT2D eigenvalue weighted by Crippen LogP contribution is -2.51. The molecular formula is C22H23F3N4O3. The number of ether oxygens (including phenoxy) is 1. The third kappa shape index (κ3) is 6.03. The van der Waals surface area contributed by atoms with Gasteiger partial charge in [-0.05, 0) is 45.0 Å². The molecule has 2 heterocycles. The van der Waals surface area contributed by atoms with Crippen LogP contribution in [0.5, 0.6) is 0 Å². The predicted molar refractivity (Wildman–Crippen MR) is 110 cm³/mol. The smallest absolute Gasteiger partial charge is 0.416 e. The second kappa shape index (κ2) is 8.94. The number of alkyl halides is 3. The second-order valence-corrected chi connectivity index (χ2v) is 8.23. The molecule has 170 valence electrons. The van der Waals surface area contributed by atoms with Gasteiger partial charge in [-0.15, -0.1) is 0 Å². The fourth-order valence-corrected chi connectivity index (χ4v) is 2.95. The molecule has 2 aromatic rings. The maximum atomic E-state index is 12.7. The Kier molecular flexibility index (Phi) is 6.48. The van der Waals surface area contributed by atoms with E-state index in [9.17, 15) is 22.8 Å². The van der Waals surface area contributed by atoms with E-state index in [0.29, 0.717) is 37.4 Å². The standard InChI is InChI=1S/C22H23F3N4O3/c1-21(2,3)32-20(31)28-12-10-27(11-13-28)19(30)9-4-16-14-26-29(15-16)18-7-5-17(6-8-18)22(23,24)25/h5-8,14-15H,10-13H2,1-3H3. The molecule has 1 fully saturated rings. The zero-order valence-electron chi connectivity index (χ0n) is 17.9. The van der Waals surface area contributed by atoms with Crippen LogP contribution in [0.2, 0.25) is 0 Å². The lowest BCUT2D eigenvalue weighted by molar-refractivity contribution is -0.137. The number of rotatable bonds is 1. The minimum absolute atomic E-state index is 0.345. The molecular weight excluding hydrogens is 425 g/mol. The third-order valence-corrected chi connectivity index (χ3v) is 4.57. The monoisotopic (exact) mass is 448 g/mol. The number of carbonyl (C=O) groups excluding carboxylic acids is 2. The van der Waals surface area contributed by atoms with Gasteiger partial charge < -0.3 is 14.5 Å². The molecule has 7 nitrogen and oxygen atoms in total. The molecule has 0 radical (unpaired) electrons. The molecule has 1 aromatic heterocycles. The fourth-order valence-electron chi connectivity index (χ4n) is 2.95. The van der Waals surface area contributed by atoms with Crippen LogP contribution in [0, 0.1) is 11.8 Å². The largest absolute Gasteiger partial charge is 0.444 e. The summed E-state index contributed by atoms with van der Waals surface area (Å²) in [6, 6.07) is 4.57. The number of hydrogen-bond acceptors (Lipinski definition) is 4. The number of benzene rings is 1. The van der Waals surface area contributed by atoms with Crippen LogP contribution in [-0.2, 0) is 15.7 Å². The summed E-state index contributed by atoms with van der Waals surface area (Å²) in [4.78, 5) is 27.6. The Hall–Kier alpha value is -3.48. The molecule has 3 rings (SSSR count). The molecule has 1 aromatic carbocycles. The summed E-state index contributed by atoms with van der Waals surface area (Å²) in [6.07, 6.45) is -1.86. The van der Waals surface area contributed by atoms with Crippen LogP contribution in [0.15, 0.2) is 36.7 Å². The molecule has 0 aliphatic carbocycles. The van der Waals surface area contributed by atoms with Crippen molar-refractivity contribution < 1.29 is 27.5 Å². The fraction of sp³-hybridized carbons (Fsp3) is 0.409. The van der Waals surface area contributed by atoms with Gasteiger partial charge in [0.2, 0.25) is 0 Å². The van der Waals surface area contributed by atoms with E-state index in [1.54, 1.807) is 30.6 Å². The first kappa shape index (κ1) is 23.2. The van der Waals surface area contributed by atoms with Crippen molar-refractivity contribution in [3.8, 4) is 17.5 Å². The number of halogens is 3. The van der Waals surface area contributed by atoms with Gasteiger partial charge in [0.05, 0.1) is 23.0 Å². The molecule has 0 unspecified atom stereocenters. The van der Waals surface area contributed by atoms with Crippen LogP contribution in [-0.4, -0.2) is 63.4 Å². The molecule has 10 heteroatoms. The predicted octanol–water partition coefficient (Wildman–Crippen LogP) is 3.32. The van der Waals surface area contributed by atoms with E-state index in [0.717, 1.165) is 12.1 Å². The van der Waals surface area contributed by atoms with Gasteiger partial charge in [0.15, 0.2) is 0 Å². The number of carbonyl (C=O) groups is 2. The summed E-state index contributed by atoms with van der Waals surface area (Å²) in [5, 5.41) is 4.08. The minimum Gasteiger partial charge on any atom is -0.444 e. The average molecular weight is 448 g/mol. The molecule has 0 atom stereocenters. The first-order chi connectivity index (χ1) is 14.9. The van der Waals surface area contributed by atoms with E-state index in [1.807, 2.05) is 0 Å². The van der Waals surface area contributed by atoms with Crippen molar-refractivity contribution >= 4 is 12.0 Å². The van der Waals surface area contributed by atoms with E-state index in [-0.39, 0.29) is 5.91 Å². The number of hydrogen-bond donors (Lipinski definition) is 0. The summed E-state index contributed by atoms with van der Waals surface area (Å²) < 4.78 is 44.8. The molecule has 0 N–H and O–H groups in total. The van der Waals surface area contributed by atoms with Crippen LogP contribution in [0.4, 0.5) is 18.0 Å². The van der Waals surface area contributed by atoms with E-state index >= 15 is 0 Å². The first-order valence-corrected chi connectivity index (χ1v) is 9.93. The molecule has 0 spiro atoms. The summed E-state index contributed by atoms with van der Waals surface area (Å²) >= 11 is 0. The molecule has 32 heavy (non-hydrogen) atoms. The van der Waals surface area contributed by atoms with Gasteiger partial charge in [-0.25, -0.2) is 9.48 Å². The quantitative estimate of drug-likeness (QED) is 0.628. The van der Waals surface area contributed by atoms with Gasteiger partial charge in [-0.1, -0.05) is 5.92 Å². The Morgan fingerprint density at radius 2 is 1.59 bits per heavy atom. The van der Waals surface area contributed by atoms with Gasteiger partial charge in [0.25, 0.3) is 5.91 Å². The Morgan fingerprint density at radius 3 is 2.16 bits per heavy atom. The van der Waals surface area contributed by atoms with Gasteiger partial charge in [0.1, 0.15) is 5.60 Å². The molecule has 1 saturated heterocycles. The van der Waals surface area contributed by atoms with Crippen molar-refractivity contribution in [3.63, 3.8) is 0 Å². The highest BCUT2D eigenvalue weighted by Gasteiger charge is 2.30. The topological polar surface area (TPSA) is 67.7 Å². The van der Waals surface area contributed by atoms with Gasteiger partial charge >= 0.3 is 12.3 Å². The van der Waals surface area contributed by atoms with Crippen molar-refractivity contribution in [1.29, 1.82) is 0 Å². The van der Waals surface area contributed by atoms with Crippen molar-refractivity contribution in [2.24, 2.45) is 0 Å². The molecule has 0 saturated carbocycles. The number of aromatic nitrogens is 2. The maximum absolute atomic E-state index is 12.7. The van der Waals surface area contributed by atoms with Crippen LogP contribution in [0.3, 0.4) is 0 Å². The van der Waals surface area contributed by atoms with Crippen molar-refractivity contribution in [2.75, 3.05) is 26.2 Å². The Balaban J connectivity index is 1.57. The SMILES string of the molecule is CC(C)(C)OC(=O)N1CCN(C(=O)C#Cc2cnn(-c3ccc(C(F)(F)F)cc3)c2)CC1. The van der Waals surface area contributed by atoms with Gasteiger partial charge in [-0.2, -0.15) is 18.3 Å². The highest BCUT2D eigenvalue weighted by Crippen LogP contribution is 2.29. The Bertz CT molecular complexity index is 1040. The Labute approximate surface area is 183 Å². The number of piperazine rings is 1. The molecule has 0 bridgehead atoms. The van der Waals surface area contributed by atoms with E-state index in [4.69, 9.17) is 4.74 Å². The average Bonchev–Trinajstić information content (AvgIpc) is 3.19. The van der Waals surface area contributed by atoms with Gasteiger partial charge in [-0.3, -0.25) is 4.79 Å². The molecule has 1 aliphatic rings. The Morgan fingerprint density at radius 1 is 1.00 bits per heavy atom. The molecule has 2 amide bonds. The first-order valence-electron chi connectivity index (χ1n) is 9.93. The van der Waals surface area contributed by atoms with Crippen molar-refractivity contribution in [2.45, 2.75) is 32.5 Å². The van der Waals surface area contributed by atoms with Gasteiger partial charge in [0, 0.05) is 38.3 Å². The maximum Gasteiger partial charge on any atom is 0.416 e. The summed E-state index contributed by atoms with van der Waals surface area (Å²) in [6.45, 7) is 6.78. The van der Waals surface area contributed by atoms with Crippen LogP contribution in [0.25, 0.3) is 5.69 Å².